The van der Waals surface area contributed by atoms with Crippen LogP contribution in [0.4, 0.5) is 8.78 Å². The van der Waals surface area contributed by atoms with E-state index >= 15 is 0 Å². The molecule has 4 aromatic rings. The van der Waals surface area contributed by atoms with Crippen molar-refractivity contribution in [3.8, 4) is 11.8 Å². The number of aromatic nitrogens is 2. The molecule has 4 rings (SSSR count). The number of rotatable bonds is 6. The van der Waals surface area contributed by atoms with Gasteiger partial charge in [-0.2, -0.15) is 14.0 Å². The number of halogens is 2. The Labute approximate surface area is 177 Å². The number of alkyl halides is 2. The van der Waals surface area contributed by atoms with Crippen LogP contribution in [0.2, 0.25) is 0 Å². The van der Waals surface area contributed by atoms with E-state index < -0.39 is 6.61 Å². The van der Waals surface area contributed by atoms with Gasteiger partial charge in [-0.05, 0) is 35.4 Å². The molecule has 1 N–H and O–H groups in total. The van der Waals surface area contributed by atoms with Gasteiger partial charge >= 0.3 is 6.61 Å². The van der Waals surface area contributed by atoms with Gasteiger partial charge in [0.25, 0.3) is 0 Å². The van der Waals surface area contributed by atoms with Gasteiger partial charge in [0.05, 0.1) is 11.0 Å². The molecule has 6 heteroatoms. The van der Waals surface area contributed by atoms with Crippen molar-refractivity contribution >= 4 is 28.3 Å². The lowest BCUT2D eigenvalue weighted by atomic mass is 9.98. The van der Waals surface area contributed by atoms with Crippen molar-refractivity contribution in [1.29, 1.82) is 5.26 Å². The first-order valence-corrected chi connectivity index (χ1v) is 9.52. The van der Waals surface area contributed by atoms with Crippen molar-refractivity contribution in [3.05, 3.63) is 102 Å². The first-order chi connectivity index (χ1) is 15.1. The Bertz CT molecular complexity index is 1250. The van der Waals surface area contributed by atoms with Crippen LogP contribution in [0.1, 0.15) is 17.0 Å². The fraction of sp³-hybridized carbons (Fsp3) is 0.0400. The quantitative estimate of drug-likeness (QED) is 0.298. The Hall–Kier alpha value is -4.24. The Morgan fingerprint density at radius 2 is 1.68 bits per heavy atom. The smallest absolute Gasteiger partial charge is 0.387 e. The molecule has 0 fully saturated rings. The molecule has 3 aromatic carbocycles. The second-order valence-corrected chi connectivity index (χ2v) is 6.65. The molecule has 1 heterocycles. The number of imidazole rings is 1. The molecule has 0 atom stereocenters. The Morgan fingerprint density at radius 3 is 2.35 bits per heavy atom. The maximum atomic E-state index is 12.3. The van der Waals surface area contributed by atoms with E-state index in [1.54, 1.807) is 12.1 Å². The Balaban J connectivity index is 1.77. The van der Waals surface area contributed by atoms with Crippen molar-refractivity contribution in [3.63, 3.8) is 0 Å². The fourth-order valence-corrected chi connectivity index (χ4v) is 3.19. The summed E-state index contributed by atoms with van der Waals surface area (Å²) in [6.45, 7) is -2.86. The summed E-state index contributed by atoms with van der Waals surface area (Å²) in [6.07, 6.45) is 3.64. The van der Waals surface area contributed by atoms with E-state index in [0.29, 0.717) is 17.0 Å². The molecule has 152 valence electrons. The monoisotopic (exact) mass is 413 g/mol. The van der Waals surface area contributed by atoms with Crippen LogP contribution in [0.15, 0.2) is 84.9 Å². The van der Waals surface area contributed by atoms with Crippen molar-refractivity contribution in [2.45, 2.75) is 6.61 Å². The van der Waals surface area contributed by atoms with Gasteiger partial charge in [0.2, 0.25) is 0 Å². The predicted molar refractivity (Wildman–Crippen MR) is 117 cm³/mol. The highest BCUT2D eigenvalue weighted by atomic mass is 19.3. The molecule has 0 aliphatic heterocycles. The topological polar surface area (TPSA) is 61.7 Å². The van der Waals surface area contributed by atoms with Gasteiger partial charge in [-0.25, -0.2) is 4.98 Å². The first-order valence-electron chi connectivity index (χ1n) is 9.52. The zero-order valence-corrected chi connectivity index (χ0v) is 16.3. The van der Waals surface area contributed by atoms with E-state index in [-0.39, 0.29) is 5.75 Å². The zero-order chi connectivity index (χ0) is 21.6. The van der Waals surface area contributed by atoms with Crippen molar-refractivity contribution in [2.24, 2.45) is 0 Å². The molecule has 1 aromatic heterocycles. The van der Waals surface area contributed by atoms with Crippen LogP contribution in [0.3, 0.4) is 0 Å². The minimum atomic E-state index is -2.86. The molecule has 0 spiro atoms. The minimum Gasteiger partial charge on any atom is -0.435 e. The number of H-pyrrole nitrogens is 1. The molecule has 0 aliphatic carbocycles. The highest BCUT2D eigenvalue weighted by Gasteiger charge is 2.13. The third kappa shape index (κ3) is 4.68. The van der Waals surface area contributed by atoms with Crippen molar-refractivity contribution in [1.82, 2.24) is 9.97 Å². The lowest BCUT2D eigenvalue weighted by Gasteiger charge is -2.06. The third-order valence-electron chi connectivity index (χ3n) is 4.64. The Morgan fingerprint density at radius 1 is 0.968 bits per heavy atom. The van der Waals surface area contributed by atoms with Crippen LogP contribution in [-0.4, -0.2) is 16.6 Å². The lowest BCUT2D eigenvalue weighted by molar-refractivity contribution is -0.0498. The van der Waals surface area contributed by atoms with Crippen LogP contribution >= 0.6 is 0 Å². The van der Waals surface area contributed by atoms with Crippen LogP contribution < -0.4 is 4.74 Å². The summed E-state index contributed by atoms with van der Waals surface area (Å²) in [5.74, 6) is 0.568. The van der Waals surface area contributed by atoms with Gasteiger partial charge in [-0.1, -0.05) is 66.7 Å². The third-order valence-corrected chi connectivity index (χ3v) is 4.64. The number of fused-ring (bicyclic) bond motifs is 1. The molecule has 0 unspecified atom stereocenters. The lowest BCUT2D eigenvalue weighted by Crippen LogP contribution is -2.01. The number of allylic oxidation sites excluding steroid dienone is 3. The van der Waals surface area contributed by atoms with Gasteiger partial charge in [-0.15, -0.1) is 0 Å². The van der Waals surface area contributed by atoms with E-state index in [1.165, 1.54) is 12.1 Å². The van der Waals surface area contributed by atoms with E-state index in [0.717, 1.165) is 22.2 Å². The predicted octanol–water partition coefficient (Wildman–Crippen LogP) is 6.31. The molecule has 0 saturated heterocycles. The molecule has 0 aliphatic rings. The minimum absolute atomic E-state index is 0.0889. The number of aromatic amines is 1. The standard InChI is InChI=1S/C25H17F2N3O/c26-25(27)31-19-13-10-17(11-14-19)12-15-20(18-6-2-1-3-7-18)21(16-28)24-29-22-8-4-5-9-23(22)30-24/h1-15,25H,(H,29,30). The number of nitriles is 1. The normalized spacial score (nSPS) is 12.2. The summed E-state index contributed by atoms with van der Waals surface area (Å²) in [6, 6.07) is 25.7. The molecule has 0 bridgehead atoms. The summed E-state index contributed by atoms with van der Waals surface area (Å²) in [5.41, 5.74) is 4.34. The Kier molecular flexibility index (Phi) is 5.86. The summed E-state index contributed by atoms with van der Waals surface area (Å²) in [7, 11) is 0. The average molecular weight is 413 g/mol. The first kappa shape index (κ1) is 20.0. The zero-order valence-electron chi connectivity index (χ0n) is 16.3. The second kappa shape index (κ2) is 9.06. The highest BCUT2D eigenvalue weighted by molar-refractivity contribution is 6.02. The van der Waals surface area contributed by atoms with Gasteiger partial charge in [-0.3, -0.25) is 0 Å². The maximum Gasteiger partial charge on any atom is 0.387 e. The number of ether oxygens (including phenoxy) is 1. The summed E-state index contributed by atoms with van der Waals surface area (Å²) >= 11 is 0. The fourth-order valence-electron chi connectivity index (χ4n) is 3.19. The maximum absolute atomic E-state index is 12.3. The molecule has 0 amide bonds. The molecular formula is C25H17F2N3O. The number of hydrogen-bond donors (Lipinski definition) is 1. The van der Waals surface area contributed by atoms with E-state index in [1.807, 2.05) is 66.7 Å². The van der Waals surface area contributed by atoms with Gasteiger partial charge < -0.3 is 9.72 Å². The number of benzene rings is 3. The van der Waals surface area contributed by atoms with Gasteiger partial charge in [0, 0.05) is 5.57 Å². The number of para-hydroxylation sites is 2. The average Bonchev–Trinajstić information content (AvgIpc) is 3.21. The second-order valence-electron chi connectivity index (χ2n) is 6.65. The van der Waals surface area contributed by atoms with E-state index in [4.69, 9.17) is 0 Å². The van der Waals surface area contributed by atoms with Crippen LogP contribution in [0.25, 0.3) is 28.3 Å². The van der Waals surface area contributed by atoms with Crippen LogP contribution in [-0.2, 0) is 0 Å². The van der Waals surface area contributed by atoms with Gasteiger partial charge in [0.1, 0.15) is 23.2 Å². The van der Waals surface area contributed by atoms with Crippen LogP contribution in [0, 0.1) is 11.3 Å². The highest BCUT2D eigenvalue weighted by Crippen LogP contribution is 2.28. The molecule has 31 heavy (non-hydrogen) atoms. The van der Waals surface area contributed by atoms with E-state index in [2.05, 4.69) is 20.8 Å². The number of nitrogens with zero attached hydrogens (tertiary/aromatic N) is 2. The summed E-state index contributed by atoms with van der Waals surface area (Å²) in [4.78, 5) is 7.77. The van der Waals surface area contributed by atoms with Crippen molar-refractivity contribution < 1.29 is 13.5 Å². The van der Waals surface area contributed by atoms with E-state index in [9.17, 15) is 14.0 Å². The summed E-state index contributed by atoms with van der Waals surface area (Å²) in [5, 5.41) is 9.96. The molecule has 4 nitrogen and oxygen atoms in total. The molecular weight excluding hydrogens is 396 g/mol. The summed E-state index contributed by atoms with van der Waals surface area (Å²) < 4.78 is 29.1. The number of nitrogens with one attached hydrogen (secondary N) is 1. The van der Waals surface area contributed by atoms with Gasteiger partial charge in [0.15, 0.2) is 0 Å². The molecule has 0 saturated carbocycles. The largest absolute Gasteiger partial charge is 0.435 e. The van der Waals surface area contributed by atoms with Crippen LogP contribution in [0.5, 0.6) is 5.75 Å². The molecule has 0 radical (unpaired) electrons. The van der Waals surface area contributed by atoms with Crippen molar-refractivity contribution in [2.75, 3.05) is 0 Å². The number of hydrogen-bond acceptors (Lipinski definition) is 3. The SMILES string of the molecule is N#CC(=C(C=Cc1ccc(OC(F)F)cc1)c1ccccc1)c1nc2ccccc2[nH]1.